The molecule has 1 aromatic carbocycles. The molecule has 1 aromatic rings. The Hall–Kier alpha value is -0.860. The van der Waals surface area contributed by atoms with Crippen LogP contribution in [0.15, 0.2) is 18.2 Å². The van der Waals surface area contributed by atoms with Crippen molar-refractivity contribution in [3.8, 4) is 0 Å². The average molecular weight is 233 g/mol. The summed E-state index contributed by atoms with van der Waals surface area (Å²) in [4.78, 5) is 0. The maximum atomic E-state index is 5.49. The largest absolute Gasteiger partial charge is 0.377 e. The van der Waals surface area contributed by atoms with Gasteiger partial charge in [0.15, 0.2) is 0 Å². The van der Waals surface area contributed by atoms with Crippen molar-refractivity contribution < 1.29 is 4.74 Å². The van der Waals surface area contributed by atoms with E-state index < -0.39 is 0 Å². The molecule has 1 aliphatic rings. The molecule has 0 atom stereocenters. The van der Waals surface area contributed by atoms with Crippen LogP contribution in [0.25, 0.3) is 0 Å². The predicted octanol–water partition coefficient (Wildman–Crippen LogP) is 2.69. The summed E-state index contributed by atoms with van der Waals surface area (Å²) in [5.41, 5.74) is 4.51. The van der Waals surface area contributed by atoms with E-state index in [4.69, 9.17) is 4.74 Å². The molecule has 94 valence electrons. The van der Waals surface area contributed by atoms with E-state index in [1.807, 2.05) is 0 Å². The first-order valence-electron chi connectivity index (χ1n) is 6.68. The molecule has 0 saturated heterocycles. The highest BCUT2D eigenvalue weighted by Crippen LogP contribution is 2.22. The first kappa shape index (κ1) is 12.6. The number of hydrogen-bond acceptors (Lipinski definition) is 2. The van der Waals surface area contributed by atoms with Gasteiger partial charge in [0.2, 0.25) is 0 Å². The van der Waals surface area contributed by atoms with Crippen molar-refractivity contribution >= 4 is 0 Å². The molecular weight excluding hydrogens is 210 g/mol. The van der Waals surface area contributed by atoms with E-state index in [0.717, 1.165) is 19.7 Å². The number of ether oxygens (including phenoxy) is 1. The number of fused-ring (bicyclic) bond motifs is 1. The molecule has 0 amide bonds. The van der Waals surface area contributed by atoms with Crippen molar-refractivity contribution in [1.82, 2.24) is 5.32 Å². The fourth-order valence-electron chi connectivity index (χ4n) is 2.33. The summed E-state index contributed by atoms with van der Waals surface area (Å²) in [6, 6.07) is 6.91. The average Bonchev–Trinajstić information content (AvgIpc) is 2.75. The van der Waals surface area contributed by atoms with E-state index in [1.165, 1.54) is 24.8 Å². The van der Waals surface area contributed by atoms with Crippen molar-refractivity contribution in [3.05, 3.63) is 34.9 Å². The summed E-state index contributed by atoms with van der Waals surface area (Å²) in [5.74, 6) is 0. The minimum absolute atomic E-state index is 0.330. The Kier molecular flexibility index (Phi) is 4.57. The van der Waals surface area contributed by atoms with Gasteiger partial charge < -0.3 is 10.1 Å². The molecule has 0 spiro atoms. The van der Waals surface area contributed by atoms with Gasteiger partial charge in [-0.3, -0.25) is 0 Å². The number of nitrogens with one attached hydrogen (secondary N) is 1. The summed E-state index contributed by atoms with van der Waals surface area (Å²) in [5, 5.41) is 3.42. The van der Waals surface area contributed by atoms with Crippen LogP contribution in [-0.2, 0) is 24.1 Å². The number of hydrogen-bond donors (Lipinski definition) is 1. The quantitative estimate of drug-likeness (QED) is 0.763. The SMILES string of the molecule is CC(C)OCCNCc1ccc2c(c1)CCC2. The van der Waals surface area contributed by atoms with E-state index in [-0.39, 0.29) is 0 Å². The molecule has 2 nitrogen and oxygen atoms in total. The van der Waals surface area contributed by atoms with Gasteiger partial charge >= 0.3 is 0 Å². The Balaban J connectivity index is 1.72. The van der Waals surface area contributed by atoms with Crippen LogP contribution in [0.1, 0.15) is 37.0 Å². The third kappa shape index (κ3) is 3.83. The van der Waals surface area contributed by atoms with Gasteiger partial charge in [0, 0.05) is 13.1 Å². The van der Waals surface area contributed by atoms with Gasteiger partial charge in [-0.15, -0.1) is 0 Å². The molecule has 0 bridgehead atoms. The fourth-order valence-corrected chi connectivity index (χ4v) is 2.33. The smallest absolute Gasteiger partial charge is 0.0594 e. The zero-order chi connectivity index (χ0) is 12.1. The standard InChI is InChI=1S/C15H23NO/c1-12(2)17-9-8-16-11-13-6-7-14-4-3-5-15(14)10-13/h6-7,10,12,16H,3-5,8-9,11H2,1-2H3. The summed E-state index contributed by atoms with van der Waals surface area (Å²) in [6.45, 7) is 6.81. The summed E-state index contributed by atoms with van der Waals surface area (Å²) in [6.07, 6.45) is 4.19. The molecule has 0 aliphatic heterocycles. The molecule has 0 unspecified atom stereocenters. The van der Waals surface area contributed by atoms with E-state index >= 15 is 0 Å². The Morgan fingerprint density at radius 1 is 1.24 bits per heavy atom. The lowest BCUT2D eigenvalue weighted by atomic mass is 10.1. The van der Waals surface area contributed by atoms with Crippen LogP contribution in [-0.4, -0.2) is 19.3 Å². The Morgan fingerprint density at radius 3 is 2.88 bits per heavy atom. The fraction of sp³-hybridized carbons (Fsp3) is 0.600. The van der Waals surface area contributed by atoms with E-state index in [0.29, 0.717) is 6.10 Å². The normalized spacial score (nSPS) is 14.3. The van der Waals surface area contributed by atoms with Crippen LogP contribution >= 0.6 is 0 Å². The lowest BCUT2D eigenvalue weighted by molar-refractivity contribution is 0.0807. The van der Waals surface area contributed by atoms with Gasteiger partial charge in [0.1, 0.15) is 0 Å². The number of rotatable bonds is 6. The Bertz CT molecular complexity index is 360. The van der Waals surface area contributed by atoms with Crippen molar-refractivity contribution in [2.24, 2.45) is 0 Å². The molecule has 17 heavy (non-hydrogen) atoms. The maximum absolute atomic E-state index is 5.49. The molecule has 0 fully saturated rings. The Labute approximate surface area is 104 Å². The highest BCUT2D eigenvalue weighted by molar-refractivity contribution is 5.35. The molecule has 2 heteroatoms. The van der Waals surface area contributed by atoms with Crippen LogP contribution < -0.4 is 5.32 Å². The number of aryl methyl sites for hydroxylation is 2. The Morgan fingerprint density at radius 2 is 2.06 bits per heavy atom. The summed E-state index contributed by atoms with van der Waals surface area (Å²) >= 11 is 0. The first-order chi connectivity index (χ1) is 8.25. The second-order valence-electron chi connectivity index (χ2n) is 5.05. The highest BCUT2D eigenvalue weighted by atomic mass is 16.5. The van der Waals surface area contributed by atoms with Crippen LogP contribution in [0.2, 0.25) is 0 Å². The van der Waals surface area contributed by atoms with Crippen molar-refractivity contribution in [1.29, 1.82) is 0 Å². The molecule has 0 aromatic heterocycles. The van der Waals surface area contributed by atoms with Crippen LogP contribution in [0.4, 0.5) is 0 Å². The summed E-state index contributed by atoms with van der Waals surface area (Å²) in [7, 11) is 0. The van der Waals surface area contributed by atoms with Gasteiger partial charge in [-0.05, 0) is 49.8 Å². The van der Waals surface area contributed by atoms with Gasteiger partial charge in [-0.2, -0.15) is 0 Å². The molecule has 2 rings (SSSR count). The highest BCUT2D eigenvalue weighted by Gasteiger charge is 2.10. The second kappa shape index (κ2) is 6.18. The molecule has 1 aliphatic carbocycles. The molecule has 0 saturated carbocycles. The predicted molar refractivity (Wildman–Crippen MR) is 71.3 cm³/mol. The zero-order valence-electron chi connectivity index (χ0n) is 11.0. The second-order valence-corrected chi connectivity index (χ2v) is 5.05. The molecule has 0 heterocycles. The molecule has 0 radical (unpaired) electrons. The molecular formula is C15H23NO. The zero-order valence-corrected chi connectivity index (χ0v) is 11.0. The lowest BCUT2D eigenvalue weighted by Gasteiger charge is -2.09. The van der Waals surface area contributed by atoms with Gasteiger partial charge in [-0.25, -0.2) is 0 Å². The molecule has 1 N–H and O–H groups in total. The van der Waals surface area contributed by atoms with Crippen LogP contribution in [0.3, 0.4) is 0 Å². The minimum atomic E-state index is 0.330. The van der Waals surface area contributed by atoms with E-state index in [9.17, 15) is 0 Å². The van der Waals surface area contributed by atoms with Gasteiger partial charge in [0.25, 0.3) is 0 Å². The van der Waals surface area contributed by atoms with E-state index in [2.05, 4.69) is 37.4 Å². The van der Waals surface area contributed by atoms with Crippen molar-refractivity contribution in [2.45, 2.75) is 45.8 Å². The monoisotopic (exact) mass is 233 g/mol. The lowest BCUT2D eigenvalue weighted by Crippen LogP contribution is -2.21. The first-order valence-corrected chi connectivity index (χ1v) is 6.68. The summed E-state index contributed by atoms with van der Waals surface area (Å²) < 4.78 is 5.49. The number of benzene rings is 1. The third-order valence-electron chi connectivity index (χ3n) is 3.22. The van der Waals surface area contributed by atoms with Gasteiger partial charge in [-0.1, -0.05) is 18.2 Å². The topological polar surface area (TPSA) is 21.3 Å². The van der Waals surface area contributed by atoms with Gasteiger partial charge in [0.05, 0.1) is 12.7 Å². The van der Waals surface area contributed by atoms with Crippen LogP contribution in [0.5, 0.6) is 0 Å². The van der Waals surface area contributed by atoms with Crippen LogP contribution in [0, 0.1) is 0 Å². The minimum Gasteiger partial charge on any atom is -0.377 e. The van der Waals surface area contributed by atoms with E-state index in [1.54, 1.807) is 11.1 Å². The van der Waals surface area contributed by atoms with Crippen molar-refractivity contribution in [2.75, 3.05) is 13.2 Å². The third-order valence-corrected chi connectivity index (χ3v) is 3.22. The maximum Gasteiger partial charge on any atom is 0.0594 e. The van der Waals surface area contributed by atoms with Crippen molar-refractivity contribution in [3.63, 3.8) is 0 Å².